The summed E-state index contributed by atoms with van der Waals surface area (Å²) in [6.45, 7) is 15.3. The maximum absolute atomic E-state index is 7.28. The van der Waals surface area contributed by atoms with Crippen LogP contribution >= 0.6 is 0 Å². The third-order valence-electron chi connectivity index (χ3n) is 8.91. The van der Waals surface area contributed by atoms with Crippen LogP contribution in [-0.2, 0) is 43.2 Å². The van der Waals surface area contributed by atoms with Crippen molar-refractivity contribution < 1.29 is 23.4 Å². The summed E-state index contributed by atoms with van der Waals surface area (Å²) in [4.78, 5) is 0. The SMILES string of the molecule is C=C[C@H]1[C@@H]2O[C@H](COCc3ccccc3)[C@@H](OCc3ccccc3)[C@H](OCc3ccccc3)[C@@H]2O[Si]1(C(C)C)C(C)C. The van der Waals surface area contributed by atoms with E-state index >= 15 is 0 Å². The molecule has 0 saturated carbocycles. The molecule has 2 saturated heterocycles. The predicted molar refractivity (Wildman–Crippen MR) is 170 cm³/mol. The second-order valence-electron chi connectivity index (χ2n) is 12.2. The van der Waals surface area contributed by atoms with Crippen LogP contribution in [0.5, 0.6) is 0 Å². The highest BCUT2D eigenvalue weighted by Gasteiger charge is 2.65. The van der Waals surface area contributed by atoms with Gasteiger partial charge >= 0.3 is 0 Å². The number of hydrogen-bond donors (Lipinski definition) is 0. The van der Waals surface area contributed by atoms with Crippen LogP contribution < -0.4 is 0 Å². The molecule has 6 heteroatoms. The van der Waals surface area contributed by atoms with Gasteiger partial charge in [-0.3, -0.25) is 0 Å². The standard InChI is InChI=1S/C36H46O5Si/c1-6-32-34-36(41-42(32,26(2)3)27(4)5)35(39-24-30-20-14-9-15-21-30)33(38-23-29-18-12-8-13-19-29)31(40-34)25-37-22-28-16-10-7-11-17-28/h6-21,26-27,31-36H,1,22-25H2,2-5H3/t31-,32+,33-,34+,35+,36-/m1/s1. The minimum Gasteiger partial charge on any atom is -0.407 e. The van der Waals surface area contributed by atoms with E-state index in [2.05, 4.69) is 76.7 Å². The number of ether oxygens (including phenoxy) is 4. The van der Waals surface area contributed by atoms with Crippen LogP contribution in [-0.4, -0.2) is 45.4 Å². The fourth-order valence-electron chi connectivity index (χ4n) is 6.89. The Morgan fingerprint density at radius 2 is 1.17 bits per heavy atom. The molecule has 5 nitrogen and oxygen atoms in total. The van der Waals surface area contributed by atoms with Crippen LogP contribution in [0.15, 0.2) is 104 Å². The number of fused-ring (bicyclic) bond motifs is 1. The Kier molecular flexibility index (Phi) is 10.5. The first-order chi connectivity index (χ1) is 20.4. The van der Waals surface area contributed by atoms with Gasteiger partial charge in [0.15, 0.2) is 0 Å². The summed E-state index contributed by atoms with van der Waals surface area (Å²) >= 11 is 0. The summed E-state index contributed by atoms with van der Waals surface area (Å²) in [7, 11) is -2.34. The van der Waals surface area contributed by atoms with Crippen LogP contribution in [0.25, 0.3) is 0 Å². The van der Waals surface area contributed by atoms with Crippen LogP contribution in [0.2, 0.25) is 16.6 Å². The van der Waals surface area contributed by atoms with Crippen LogP contribution in [0.1, 0.15) is 44.4 Å². The molecule has 3 aromatic rings. The van der Waals surface area contributed by atoms with Crippen molar-refractivity contribution in [3.05, 3.63) is 120 Å². The van der Waals surface area contributed by atoms with E-state index in [4.69, 9.17) is 23.4 Å². The highest BCUT2D eigenvalue weighted by molar-refractivity contribution is 6.79. The number of hydrogen-bond acceptors (Lipinski definition) is 5. The Morgan fingerprint density at radius 1 is 0.690 bits per heavy atom. The summed E-state index contributed by atoms with van der Waals surface area (Å²) in [6, 6.07) is 30.8. The summed E-state index contributed by atoms with van der Waals surface area (Å²) in [5, 5.41) is 0. The molecule has 42 heavy (non-hydrogen) atoms. The minimum absolute atomic E-state index is 0.136. The first kappa shape index (κ1) is 30.9. The Labute approximate surface area is 252 Å². The lowest BCUT2D eigenvalue weighted by Crippen LogP contribution is -2.59. The lowest BCUT2D eigenvalue weighted by Gasteiger charge is -2.44. The Bertz CT molecular complexity index is 1230. The molecule has 2 aliphatic rings. The van der Waals surface area contributed by atoms with E-state index in [1.165, 1.54) is 0 Å². The van der Waals surface area contributed by atoms with Crippen molar-refractivity contribution in [3.63, 3.8) is 0 Å². The molecule has 3 aromatic carbocycles. The molecule has 6 atom stereocenters. The molecule has 2 heterocycles. The summed E-state index contributed by atoms with van der Waals surface area (Å²) < 4.78 is 34.1. The van der Waals surface area contributed by atoms with Gasteiger partial charge in [-0.1, -0.05) is 125 Å². The zero-order valence-electron chi connectivity index (χ0n) is 25.4. The van der Waals surface area contributed by atoms with Gasteiger partial charge in [-0.2, -0.15) is 0 Å². The molecular formula is C36H46O5Si. The minimum atomic E-state index is -2.34. The van der Waals surface area contributed by atoms with Gasteiger partial charge < -0.3 is 23.4 Å². The lowest BCUT2D eigenvalue weighted by molar-refractivity contribution is -0.247. The Balaban J connectivity index is 1.47. The zero-order valence-corrected chi connectivity index (χ0v) is 26.4. The monoisotopic (exact) mass is 586 g/mol. The molecule has 0 N–H and O–H groups in total. The predicted octanol–water partition coefficient (Wildman–Crippen LogP) is 7.86. The molecule has 2 aliphatic heterocycles. The largest absolute Gasteiger partial charge is 0.407 e. The Morgan fingerprint density at radius 3 is 1.64 bits per heavy atom. The van der Waals surface area contributed by atoms with Gasteiger partial charge in [0.2, 0.25) is 8.32 Å². The van der Waals surface area contributed by atoms with Gasteiger partial charge in [0.25, 0.3) is 0 Å². The van der Waals surface area contributed by atoms with Gasteiger partial charge in [-0.05, 0) is 27.8 Å². The fourth-order valence-corrected chi connectivity index (χ4v) is 12.4. The first-order valence-electron chi connectivity index (χ1n) is 15.3. The lowest BCUT2D eigenvalue weighted by atomic mass is 9.92. The van der Waals surface area contributed by atoms with E-state index in [0.29, 0.717) is 37.5 Å². The zero-order chi connectivity index (χ0) is 29.5. The fraction of sp³-hybridized carbons (Fsp3) is 0.444. The third kappa shape index (κ3) is 6.64. The molecule has 224 valence electrons. The van der Waals surface area contributed by atoms with Crippen molar-refractivity contribution in [2.45, 2.75) is 94.7 Å². The van der Waals surface area contributed by atoms with Crippen LogP contribution in [0, 0.1) is 0 Å². The van der Waals surface area contributed by atoms with Gasteiger partial charge in [0, 0.05) is 5.54 Å². The van der Waals surface area contributed by atoms with Gasteiger partial charge in [-0.15, -0.1) is 6.58 Å². The highest BCUT2D eigenvalue weighted by atomic mass is 28.4. The molecular weight excluding hydrogens is 540 g/mol. The summed E-state index contributed by atoms with van der Waals surface area (Å²) in [6.07, 6.45) is 0.654. The van der Waals surface area contributed by atoms with Crippen LogP contribution in [0.4, 0.5) is 0 Å². The van der Waals surface area contributed by atoms with Crippen molar-refractivity contribution in [3.8, 4) is 0 Å². The average molecular weight is 587 g/mol. The Hall–Kier alpha value is -2.58. The smallest absolute Gasteiger partial charge is 0.207 e. The van der Waals surface area contributed by atoms with Crippen molar-refractivity contribution in [2.24, 2.45) is 0 Å². The van der Waals surface area contributed by atoms with E-state index in [0.717, 1.165) is 16.7 Å². The molecule has 0 bridgehead atoms. The van der Waals surface area contributed by atoms with E-state index in [-0.39, 0.29) is 36.1 Å². The average Bonchev–Trinajstić information content (AvgIpc) is 3.36. The number of rotatable bonds is 13. The molecule has 0 unspecified atom stereocenters. The molecule has 0 radical (unpaired) electrons. The molecule has 5 rings (SSSR count). The van der Waals surface area contributed by atoms with Gasteiger partial charge in [0.1, 0.15) is 24.4 Å². The van der Waals surface area contributed by atoms with Crippen molar-refractivity contribution in [1.82, 2.24) is 0 Å². The van der Waals surface area contributed by atoms with E-state index in [1.54, 1.807) is 0 Å². The highest BCUT2D eigenvalue weighted by Crippen LogP contribution is 2.55. The van der Waals surface area contributed by atoms with Crippen molar-refractivity contribution in [2.75, 3.05) is 6.61 Å². The summed E-state index contributed by atoms with van der Waals surface area (Å²) in [5.41, 5.74) is 4.27. The van der Waals surface area contributed by atoms with E-state index < -0.39 is 8.32 Å². The molecule has 2 fully saturated rings. The van der Waals surface area contributed by atoms with Crippen molar-refractivity contribution in [1.29, 1.82) is 0 Å². The van der Waals surface area contributed by atoms with E-state index in [9.17, 15) is 0 Å². The normalized spacial score (nSPS) is 26.8. The maximum atomic E-state index is 7.28. The second-order valence-corrected chi connectivity index (χ2v) is 17.1. The van der Waals surface area contributed by atoms with Crippen LogP contribution in [0.3, 0.4) is 0 Å². The topological polar surface area (TPSA) is 46.2 Å². The second kappa shape index (κ2) is 14.3. The molecule has 0 aliphatic carbocycles. The quantitative estimate of drug-likeness (QED) is 0.151. The van der Waals surface area contributed by atoms with Gasteiger partial charge in [-0.25, -0.2) is 0 Å². The van der Waals surface area contributed by atoms with Gasteiger partial charge in [0.05, 0.1) is 32.5 Å². The molecule has 0 aromatic heterocycles. The molecule has 0 spiro atoms. The maximum Gasteiger partial charge on any atom is 0.207 e. The van der Waals surface area contributed by atoms with E-state index in [1.807, 2.05) is 54.6 Å². The summed E-state index contributed by atoms with van der Waals surface area (Å²) in [5.74, 6) is 0. The van der Waals surface area contributed by atoms with Crippen molar-refractivity contribution >= 4 is 8.32 Å². The first-order valence-corrected chi connectivity index (χ1v) is 17.5. The third-order valence-corrected chi connectivity index (χ3v) is 14.8. The number of benzene rings is 3. The molecule has 0 amide bonds.